The Balaban J connectivity index is 1.40. The van der Waals surface area contributed by atoms with E-state index in [2.05, 4.69) is 21.3 Å². The number of methoxy groups -OCH3 is 1. The molecule has 4 N–H and O–H groups in total. The third kappa shape index (κ3) is 11.0. The maximum atomic E-state index is 13.9. The maximum absolute atomic E-state index is 13.9. The number of Topliss-reactive ketones (excluding diaryl/α,β-unsaturated/α-hetero) is 1. The number of ether oxygens (including phenoxy) is 2. The topological polar surface area (TPSA) is 158 Å². The van der Waals surface area contributed by atoms with Gasteiger partial charge in [-0.05, 0) is 74.3 Å². The summed E-state index contributed by atoms with van der Waals surface area (Å²) in [6.45, 7) is 10.6. The van der Waals surface area contributed by atoms with Crippen molar-refractivity contribution in [2.45, 2.75) is 90.4 Å². The lowest BCUT2D eigenvalue weighted by Gasteiger charge is -2.33. The van der Waals surface area contributed by atoms with Crippen molar-refractivity contribution in [1.29, 1.82) is 0 Å². The highest BCUT2D eigenvalue weighted by Gasteiger charge is 2.50. The minimum absolute atomic E-state index is 0.0622. The highest BCUT2D eigenvalue weighted by Crippen LogP contribution is 2.30. The van der Waals surface area contributed by atoms with Crippen LogP contribution in [-0.2, 0) is 30.3 Å². The molecule has 2 aliphatic heterocycles. The first kappa shape index (κ1) is 38.4. The molecule has 0 bridgehead atoms. The van der Waals surface area contributed by atoms with Crippen LogP contribution in [0.4, 0.5) is 10.5 Å². The van der Waals surface area contributed by atoms with E-state index < -0.39 is 41.6 Å². The zero-order chi connectivity index (χ0) is 36.4. The number of rotatable bonds is 16. The molecule has 0 spiro atoms. The third-order valence-electron chi connectivity index (χ3n) is 9.19. The molecule has 2 heterocycles. The number of carbonyl (C=O) groups excluding carboxylic acids is 5. The number of ketones is 1. The van der Waals surface area contributed by atoms with E-state index in [9.17, 15) is 24.0 Å². The molecule has 0 radical (unpaired) electrons. The SMILES string of the molecule is COc1ccc(NC(=O)C2CCN(C(=O)N[C@@H](CC(C)C)C(=O)N[C@@H](Cc3ccccc3)C(=O)N[C@@H](CC(C)C)C(=O)[C@@]3(C)CO3)CC2)cc1. The predicted molar refractivity (Wildman–Crippen MR) is 191 cm³/mol. The van der Waals surface area contributed by atoms with Crippen LogP contribution in [0.5, 0.6) is 5.75 Å². The van der Waals surface area contributed by atoms with Crippen LogP contribution < -0.4 is 26.0 Å². The highest BCUT2D eigenvalue weighted by atomic mass is 16.6. The van der Waals surface area contributed by atoms with Gasteiger partial charge in [0.1, 0.15) is 23.4 Å². The lowest BCUT2D eigenvalue weighted by molar-refractivity contribution is -0.133. The van der Waals surface area contributed by atoms with Gasteiger partial charge in [-0.3, -0.25) is 19.2 Å². The van der Waals surface area contributed by atoms with Gasteiger partial charge in [0.25, 0.3) is 0 Å². The second kappa shape index (κ2) is 17.5. The minimum atomic E-state index is -0.994. The summed E-state index contributed by atoms with van der Waals surface area (Å²) in [6.07, 6.45) is 1.94. The summed E-state index contributed by atoms with van der Waals surface area (Å²) in [5.41, 5.74) is 0.596. The van der Waals surface area contributed by atoms with E-state index >= 15 is 0 Å². The fourth-order valence-corrected chi connectivity index (χ4v) is 6.13. The van der Waals surface area contributed by atoms with Crippen molar-refractivity contribution < 1.29 is 33.4 Å². The number of amides is 5. The molecule has 2 fully saturated rings. The van der Waals surface area contributed by atoms with Crippen LogP contribution in [0.25, 0.3) is 0 Å². The Hall–Kier alpha value is -4.45. The maximum Gasteiger partial charge on any atom is 0.318 e. The zero-order valence-electron chi connectivity index (χ0n) is 30.1. The van der Waals surface area contributed by atoms with Crippen molar-refractivity contribution in [3.63, 3.8) is 0 Å². The Labute approximate surface area is 295 Å². The smallest absolute Gasteiger partial charge is 0.318 e. The van der Waals surface area contributed by atoms with Crippen LogP contribution in [0, 0.1) is 17.8 Å². The molecule has 2 aliphatic rings. The van der Waals surface area contributed by atoms with Gasteiger partial charge in [0.05, 0.1) is 19.8 Å². The Kier molecular flexibility index (Phi) is 13.4. The molecule has 4 rings (SSSR count). The van der Waals surface area contributed by atoms with Gasteiger partial charge in [0.2, 0.25) is 17.7 Å². The van der Waals surface area contributed by atoms with Gasteiger partial charge in [0, 0.05) is 31.1 Å². The number of nitrogens with zero attached hydrogens (tertiary/aromatic N) is 1. The molecule has 0 aliphatic carbocycles. The van der Waals surface area contributed by atoms with E-state index in [1.54, 1.807) is 43.2 Å². The number of nitrogens with one attached hydrogen (secondary N) is 4. The number of carbonyl (C=O) groups is 5. The molecule has 2 aromatic rings. The van der Waals surface area contributed by atoms with Crippen molar-refractivity contribution in [3.05, 3.63) is 60.2 Å². The van der Waals surface area contributed by atoms with Crippen molar-refractivity contribution in [1.82, 2.24) is 20.9 Å². The Morgan fingerprint density at radius 3 is 1.94 bits per heavy atom. The summed E-state index contributed by atoms with van der Waals surface area (Å²) in [5.74, 6) is -0.617. The van der Waals surface area contributed by atoms with Crippen molar-refractivity contribution in [2.75, 3.05) is 32.1 Å². The predicted octanol–water partition coefficient (Wildman–Crippen LogP) is 4.09. The fraction of sp³-hybridized carbons (Fsp3) is 0.553. The molecule has 50 heavy (non-hydrogen) atoms. The van der Waals surface area contributed by atoms with E-state index in [4.69, 9.17) is 9.47 Å². The van der Waals surface area contributed by atoms with Crippen LogP contribution in [0.2, 0.25) is 0 Å². The molecule has 5 amide bonds. The average Bonchev–Trinajstić information content (AvgIpc) is 3.85. The average molecular weight is 692 g/mol. The first-order valence-electron chi connectivity index (χ1n) is 17.6. The lowest BCUT2D eigenvalue weighted by atomic mass is 9.93. The van der Waals surface area contributed by atoms with Gasteiger partial charge >= 0.3 is 6.03 Å². The van der Waals surface area contributed by atoms with Crippen LogP contribution in [-0.4, -0.2) is 85.0 Å². The second-order valence-corrected chi connectivity index (χ2v) is 14.4. The third-order valence-corrected chi connectivity index (χ3v) is 9.19. The van der Waals surface area contributed by atoms with Gasteiger partial charge in [-0.2, -0.15) is 0 Å². The molecule has 12 heteroatoms. The summed E-state index contributed by atoms with van der Waals surface area (Å²) < 4.78 is 10.6. The molecular formula is C38H53N5O7. The van der Waals surface area contributed by atoms with Gasteiger partial charge in [0.15, 0.2) is 5.78 Å². The molecular weight excluding hydrogens is 638 g/mol. The van der Waals surface area contributed by atoms with E-state index in [-0.39, 0.29) is 35.9 Å². The summed E-state index contributed by atoms with van der Waals surface area (Å²) in [6, 6.07) is 13.4. The Morgan fingerprint density at radius 2 is 1.38 bits per heavy atom. The van der Waals surface area contributed by atoms with E-state index in [0.717, 1.165) is 5.56 Å². The molecule has 12 nitrogen and oxygen atoms in total. The number of piperidine rings is 1. The van der Waals surface area contributed by atoms with E-state index in [1.165, 1.54) is 0 Å². The summed E-state index contributed by atoms with van der Waals surface area (Å²) in [5, 5.41) is 11.6. The molecule has 0 aromatic heterocycles. The molecule has 2 saturated heterocycles. The molecule has 4 atom stereocenters. The highest BCUT2D eigenvalue weighted by molar-refractivity contribution is 5.98. The number of likely N-dealkylation sites (tertiary alicyclic amines) is 1. The van der Waals surface area contributed by atoms with Gasteiger partial charge in [-0.15, -0.1) is 0 Å². The summed E-state index contributed by atoms with van der Waals surface area (Å²) >= 11 is 0. The summed E-state index contributed by atoms with van der Waals surface area (Å²) in [4.78, 5) is 68.9. The second-order valence-electron chi connectivity index (χ2n) is 14.4. The molecule has 0 saturated carbocycles. The van der Waals surface area contributed by atoms with Gasteiger partial charge in [-0.1, -0.05) is 58.0 Å². The van der Waals surface area contributed by atoms with Crippen LogP contribution in [0.3, 0.4) is 0 Å². The number of anilines is 1. The Bertz CT molecular complexity index is 1470. The molecule has 0 unspecified atom stereocenters. The minimum Gasteiger partial charge on any atom is -0.497 e. The number of hydrogen-bond acceptors (Lipinski definition) is 7. The van der Waals surface area contributed by atoms with Crippen LogP contribution >= 0.6 is 0 Å². The number of epoxide rings is 1. The Morgan fingerprint density at radius 1 is 0.820 bits per heavy atom. The summed E-state index contributed by atoms with van der Waals surface area (Å²) in [7, 11) is 1.58. The first-order chi connectivity index (χ1) is 23.8. The quantitative estimate of drug-likeness (QED) is 0.193. The number of benzene rings is 2. The van der Waals surface area contributed by atoms with Crippen molar-refractivity contribution in [3.8, 4) is 5.75 Å². The van der Waals surface area contributed by atoms with E-state index in [1.807, 2.05) is 58.0 Å². The largest absolute Gasteiger partial charge is 0.497 e. The van der Waals surface area contributed by atoms with Crippen LogP contribution in [0.1, 0.15) is 65.9 Å². The van der Waals surface area contributed by atoms with Crippen LogP contribution in [0.15, 0.2) is 54.6 Å². The van der Waals surface area contributed by atoms with E-state index in [0.29, 0.717) is 56.8 Å². The molecule has 272 valence electrons. The standard InChI is InChI=1S/C38H53N5O7/c1-24(2)20-30(33(44)38(5)23-50-38)40-36(47)32(22-26-10-8-7-9-11-26)41-35(46)31(21-25(3)4)42-37(48)43-18-16-27(17-19-43)34(45)39-28-12-14-29(49-6)15-13-28/h7-15,24-25,27,30-32H,16-23H2,1-6H3,(H,39,45)(H,40,47)(H,41,46)(H,42,48)/t30-,31-,32-,38+/m0/s1. The monoisotopic (exact) mass is 691 g/mol. The lowest BCUT2D eigenvalue weighted by Crippen LogP contribution is -2.58. The first-order valence-corrected chi connectivity index (χ1v) is 17.6. The number of urea groups is 1. The van der Waals surface area contributed by atoms with Gasteiger partial charge in [-0.25, -0.2) is 4.79 Å². The van der Waals surface area contributed by atoms with Crippen molar-refractivity contribution >= 4 is 35.2 Å². The zero-order valence-corrected chi connectivity index (χ0v) is 30.1. The normalized spacial score (nSPS) is 19.2. The fourth-order valence-electron chi connectivity index (χ4n) is 6.13. The van der Waals surface area contributed by atoms with Gasteiger partial charge < -0.3 is 35.6 Å². The molecule has 2 aromatic carbocycles. The number of hydrogen-bond donors (Lipinski definition) is 4. The van der Waals surface area contributed by atoms with Crippen molar-refractivity contribution in [2.24, 2.45) is 17.8 Å².